The molecule has 130 valence electrons. The molecular formula is C18H24N2O4. The highest BCUT2D eigenvalue weighted by atomic mass is 16.5. The summed E-state index contributed by atoms with van der Waals surface area (Å²) in [5.41, 5.74) is 1.28. The van der Waals surface area contributed by atoms with Crippen molar-refractivity contribution >= 4 is 23.5 Å². The maximum absolute atomic E-state index is 12.0. The van der Waals surface area contributed by atoms with E-state index in [1.165, 1.54) is 7.11 Å². The molecule has 0 saturated heterocycles. The van der Waals surface area contributed by atoms with Gasteiger partial charge in [0.1, 0.15) is 0 Å². The van der Waals surface area contributed by atoms with Gasteiger partial charge in [0.05, 0.1) is 7.11 Å². The summed E-state index contributed by atoms with van der Waals surface area (Å²) in [6.45, 7) is 0.570. The van der Waals surface area contributed by atoms with Crippen LogP contribution >= 0.6 is 0 Å². The summed E-state index contributed by atoms with van der Waals surface area (Å²) in [5, 5.41) is 5.69. The van der Waals surface area contributed by atoms with Crippen LogP contribution in [0, 0.1) is 5.92 Å². The van der Waals surface area contributed by atoms with Crippen LogP contribution in [-0.2, 0) is 14.3 Å². The predicted octanol–water partition coefficient (Wildman–Crippen LogP) is 2.50. The Morgan fingerprint density at radius 2 is 1.79 bits per heavy atom. The van der Waals surface area contributed by atoms with Crippen LogP contribution < -0.4 is 10.6 Å². The summed E-state index contributed by atoms with van der Waals surface area (Å²) >= 11 is 0. The monoisotopic (exact) mass is 332 g/mol. The van der Waals surface area contributed by atoms with Crippen LogP contribution in [0.25, 0.3) is 0 Å². The molecule has 0 spiro atoms. The molecule has 1 aliphatic rings. The third-order valence-corrected chi connectivity index (χ3v) is 3.93. The van der Waals surface area contributed by atoms with Gasteiger partial charge >= 0.3 is 5.97 Å². The second-order valence-electron chi connectivity index (χ2n) is 5.98. The topological polar surface area (TPSA) is 84.5 Å². The van der Waals surface area contributed by atoms with E-state index in [1.54, 1.807) is 24.3 Å². The maximum atomic E-state index is 12.0. The van der Waals surface area contributed by atoms with Gasteiger partial charge in [0, 0.05) is 30.1 Å². The van der Waals surface area contributed by atoms with Gasteiger partial charge in [0.15, 0.2) is 0 Å². The Balaban J connectivity index is 1.64. The van der Waals surface area contributed by atoms with Gasteiger partial charge in [-0.05, 0) is 49.9 Å². The van der Waals surface area contributed by atoms with E-state index in [-0.39, 0.29) is 23.7 Å². The van der Waals surface area contributed by atoms with E-state index in [0.29, 0.717) is 24.2 Å². The number of hydrogen-bond donors (Lipinski definition) is 2. The Morgan fingerprint density at radius 3 is 2.42 bits per heavy atom. The number of esters is 1. The molecule has 1 aromatic rings. The average Bonchev–Trinajstić information content (AvgIpc) is 3.43. The molecule has 2 amide bonds. The molecule has 1 saturated carbocycles. The molecule has 24 heavy (non-hydrogen) atoms. The van der Waals surface area contributed by atoms with Gasteiger partial charge in [0.2, 0.25) is 5.91 Å². The van der Waals surface area contributed by atoms with Gasteiger partial charge in [0.25, 0.3) is 5.91 Å². The zero-order chi connectivity index (χ0) is 17.4. The fraction of sp³-hybridized carbons (Fsp3) is 0.500. The van der Waals surface area contributed by atoms with Gasteiger partial charge in [-0.25, -0.2) is 0 Å². The molecule has 0 heterocycles. The highest BCUT2D eigenvalue weighted by Gasteiger charge is 2.29. The van der Waals surface area contributed by atoms with Crippen molar-refractivity contribution in [1.29, 1.82) is 0 Å². The smallest absolute Gasteiger partial charge is 0.305 e. The van der Waals surface area contributed by atoms with E-state index < -0.39 is 0 Å². The maximum Gasteiger partial charge on any atom is 0.305 e. The molecule has 1 aromatic carbocycles. The van der Waals surface area contributed by atoms with E-state index >= 15 is 0 Å². The average molecular weight is 332 g/mol. The van der Waals surface area contributed by atoms with Gasteiger partial charge in [-0.1, -0.05) is 6.42 Å². The number of rotatable bonds is 9. The molecule has 0 unspecified atom stereocenters. The Kier molecular flexibility index (Phi) is 6.78. The minimum Gasteiger partial charge on any atom is -0.469 e. The number of methoxy groups -OCH3 is 1. The fourth-order valence-corrected chi connectivity index (χ4v) is 2.27. The normalized spacial score (nSPS) is 13.2. The molecule has 1 aliphatic carbocycles. The first-order valence-electron chi connectivity index (χ1n) is 8.36. The number of carbonyl (C=O) groups excluding carboxylic acids is 3. The number of ether oxygens (including phenoxy) is 1. The van der Waals surface area contributed by atoms with Crippen LogP contribution in [0.4, 0.5) is 5.69 Å². The van der Waals surface area contributed by atoms with E-state index in [2.05, 4.69) is 15.4 Å². The summed E-state index contributed by atoms with van der Waals surface area (Å²) < 4.78 is 4.57. The summed E-state index contributed by atoms with van der Waals surface area (Å²) in [7, 11) is 1.38. The third kappa shape index (κ3) is 6.02. The minimum absolute atomic E-state index is 0.0548. The largest absolute Gasteiger partial charge is 0.469 e. The number of carbonyl (C=O) groups is 3. The number of unbranched alkanes of at least 4 members (excludes halogenated alkanes) is 2. The molecule has 6 heteroatoms. The van der Waals surface area contributed by atoms with E-state index in [1.807, 2.05) is 0 Å². The number of benzene rings is 1. The fourth-order valence-electron chi connectivity index (χ4n) is 2.27. The molecule has 1 fully saturated rings. The lowest BCUT2D eigenvalue weighted by Gasteiger charge is -2.07. The first kappa shape index (κ1) is 18.0. The molecule has 2 N–H and O–H groups in total. The number of nitrogens with one attached hydrogen (secondary N) is 2. The van der Waals surface area contributed by atoms with Crippen LogP contribution in [0.15, 0.2) is 24.3 Å². The molecular weight excluding hydrogens is 308 g/mol. The van der Waals surface area contributed by atoms with Crippen molar-refractivity contribution in [3.05, 3.63) is 29.8 Å². The minimum atomic E-state index is -0.201. The van der Waals surface area contributed by atoms with E-state index in [4.69, 9.17) is 0 Å². The lowest BCUT2D eigenvalue weighted by molar-refractivity contribution is -0.140. The number of hydrogen-bond acceptors (Lipinski definition) is 4. The van der Waals surface area contributed by atoms with Crippen LogP contribution in [0.5, 0.6) is 0 Å². The van der Waals surface area contributed by atoms with Crippen molar-refractivity contribution in [2.24, 2.45) is 5.92 Å². The van der Waals surface area contributed by atoms with Crippen LogP contribution in [0.2, 0.25) is 0 Å². The Labute approximate surface area is 142 Å². The Bertz CT molecular complexity index is 579. The number of anilines is 1. The second-order valence-corrected chi connectivity index (χ2v) is 5.98. The van der Waals surface area contributed by atoms with Gasteiger partial charge in [-0.3, -0.25) is 14.4 Å². The quantitative estimate of drug-likeness (QED) is 0.537. The van der Waals surface area contributed by atoms with Crippen molar-refractivity contribution in [3.8, 4) is 0 Å². The standard InChI is InChI=1S/C18H24N2O4/c1-24-16(21)5-3-2-4-12-19-17(22)13-8-10-15(11-9-13)20-18(23)14-6-7-14/h8-11,14H,2-7,12H2,1H3,(H,19,22)(H,20,23). The molecule has 0 atom stereocenters. The second kappa shape index (κ2) is 9.05. The summed E-state index contributed by atoms with van der Waals surface area (Å²) in [6.07, 6.45) is 4.79. The molecule has 0 bridgehead atoms. The highest BCUT2D eigenvalue weighted by molar-refractivity contribution is 5.96. The predicted molar refractivity (Wildman–Crippen MR) is 90.6 cm³/mol. The van der Waals surface area contributed by atoms with Crippen LogP contribution in [0.3, 0.4) is 0 Å². The van der Waals surface area contributed by atoms with Crippen molar-refractivity contribution < 1.29 is 19.1 Å². The van der Waals surface area contributed by atoms with Gasteiger partial charge in [-0.2, -0.15) is 0 Å². The highest BCUT2D eigenvalue weighted by Crippen LogP contribution is 2.30. The Hall–Kier alpha value is -2.37. The third-order valence-electron chi connectivity index (χ3n) is 3.93. The summed E-state index contributed by atoms with van der Waals surface area (Å²) in [5.74, 6) is -0.123. The van der Waals surface area contributed by atoms with Crippen molar-refractivity contribution in [2.75, 3.05) is 19.0 Å². The van der Waals surface area contributed by atoms with E-state index in [0.717, 1.165) is 32.1 Å². The molecule has 6 nitrogen and oxygen atoms in total. The zero-order valence-corrected chi connectivity index (χ0v) is 14.0. The zero-order valence-electron chi connectivity index (χ0n) is 14.0. The summed E-state index contributed by atoms with van der Waals surface area (Å²) in [6, 6.07) is 6.89. The van der Waals surface area contributed by atoms with Crippen molar-refractivity contribution in [1.82, 2.24) is 5.32 Å². The first-order valence-corrected chi connectivity index (χ1v) is 8.36. The summed E-state index contributed by atoms with van der Waals surface area (Å²) in [4.78, 5) is 34.6. The SMILES string of the molecule is COC(=O)CCCCCNC(=O)c1ccc(NC(=O)C2CC2)cc1. The molecule has 0 radical (unpaired) electrons. The van der Waals surface area contributed by atoms with Crippen LogP contribution in [0.1, 0.15) is 48.9 Å². The number of amides is 2. The first-order chi connectivity index (χ1) is 11.6. The van der Waals surface area contributed by atoms with Gasteiger partial charge in [-0.15, -0.1) is 0 Å². The van der Waals surface area contributed by atoms with Gasteiger partial charge < -0.3 is 15.4 Å². The lowest BCUT2D eigenvalue weighted by Crippen LogP contribution is -2.24. The van der Waals surface area contributed by atoms with Crippen molar-refractivity contribution in [3.63, 3.8) is 0 Å². The molecule has 0 aliphatic heterocycles. The Morgan fingerprint density at radius 1 is 1.08 bits per heavy atom. The molecule has 0 aromatic heterocycles. The molecule has 2 rings (SSSR count). The van der Waals surface area contributed by atoms with Crippen LogP contribution in [-0.4, -0.2) is 31.4 Å². The lowest BCUT2D eigenvalue weighted by atomic mass is 10.1. The van der Waals surface area contributed by atoms with Crippen molar-refractivity contribution in [2.45, 2.75) is 38.5 Å². The van der Waals surface area contributed by atoms with E-state index in [9.17, 15) is 14.4 Å².